The van der Waals surface area contributed by atoms with E-state index in [1.807, 2.05) is 0 Å². The van der Waals surface area contributed by atoms with Crippen LogP contribution >= 0.6 is 23.2 Å². The fourth-order valence-electron chi connectivity index (χ4n) is 2.86. The number of barbiturate groups is 1. The van der Waals surface area contributed by atoms with Crippen molar-refractivity contribution in [1.29, 1.82) is 0 Å². The lowest BCUT2D eigenvalue weighted by Gasteiger charge is -2.27. The van der Waals surface area contributed by atoms with E-state index in [1.54, 1.807) is 6.07 Å². The number of anilines is 1. The van der Waals surface area contributed by atoms with Crippen molar-refractivity contribution < 1.29 is 33.8 Å². The number of para-hydroxylation sites is 1. The Morgan fingerprint density at radius 1 is 1.16 bits per heavy atom. The van der Waals surface area contributed by atoms with Crippen LogP contribution in [0.25, 0.3) is 6.08 Å². The maximum atomic E-state index is 13.1. The van der Waals surface area contributed by atoms with Gasteiger partial charge in [-0.3, -0.25) is 14.9 Å². The minimum Gasteiger partial charge on any atom is -0.493 e. The zero-order valence-electron chi connectivity index (χ0n) is 16.7. The number of ether oxygens (including phenoxy) is 2. The predicted molar refractivity (Wildman–Crippen MR) is 116 cm³/mol. The summed E-state index contributed by atoms with van der Waals surface area (Å²) in [6.07, 6.45) is -0.0789. The Bertz CT molecular complexity index is 1160. The Labute approximate surface area is 192 Å². The van der Waals surface area contributed by atoms with Crippen molar-refractivity contribution in [2.45, 2.75) is 13.0 Å². The second-order valence-corrected chi connectivity index (χ2v) is 7.29. The van der Waals surface area contributed by atoms with Crippen molar-refractivity contribution in [3.63, 3.8) is 0 Å². The van der Waals surface area contributed by atoms with Crippen LogP contribution in [0, 0.1) is 0 Å². The second kappa shape index (κ2) is 9.29. The molecule has 2 aromatic carbocycles. The highest BCUT2D eigenvalue weighted by Gasteiger charge is 2.38. The van der Waals surface area contributed by atoms with Crippen LogP contribution in [0.4, 0.5) is 10.5 Å². The average molecular weight is 479 g/mol. The molecule has 0 unspecified atom stereocenters. The molecule has 1 heterocycles. The SMILES string of the molecule is COc1cccc(/C=C2\C(=O)NC(=O)N(c3cccc(Cl)c3Cl)C2=O)c1O[C@@H](C)C(=O)O. The average Bonchev–Trinajstić information content (AvgIpc) is 2.74. The number of rotatable bonds is 6. The third-order valence-corrected chi connectivity index (χ3v) is 5.25. The Morgan fingerprint density at radius 3 is 2.50 bits per heavy atom. The topological polar surface area (TPSA) is 122 Å². The van der Waals surface area contributed by atoms with Crippen molar-refractivity contribution in [2.75, 3.05) is 12.0 Å². The Kier molecular flexibility index (Phi) is 6.71. The molecule has 1 saturated heterocycles. The zero-order valence-corrected chi connectivity index (χ0v) is 18.2. The smallest absolute Gasteiger partial charge is 0.344 e. The van der Waals surface area contributed by atoms with E-state index in [0.717, 1.165) is 0 Å². The molecule has 0 aromatic heterocycles. The number of nitrogens with one attached hydrogen (secondary N) is 1. The molecule has 0 saturated carbocycles. The summed E-state index contributed by atoms with van der Waals surface area (Å²) in [5.41, 5.74) is -0.245. The molecule has 11 heteroatoms. The summed E-state index contributed by atoms with van der Waals surface area (Å²) in [6, 6.07) is 7.95. The van der Waals surface area contributed by atoms with Gasteiger partial charge in [-0.25, -0.2) is 14.5 Å². The highest BCUT2D eigenvalue weighted by atomic mass is 35.5. The lowest BCUT2D eigenvalue weighted by Crippen LogP contribution is -2.54. The number of amides is 4. The molecule has 3 rings (SSSR count). The molecule has 4 amide bonds. The van der Waals surface area contributed by atoms with Gasteiger partial charge in [0.25, 0.3) is 11.8 Å². The molecule has 9 nitrogen and oxygen atoms in total. The third kappa shape index (κ3) is 4.39. The number of methoxy groups -OCH3 is 1. The van der Waals surface area contributed by atoms with E-state index in [9.17, 15) is 24.3 Å². The number of benzene rings is 2. The van der Waals surface area contributed by atoms with E-state index in [1.165, 1.54) is 50.4 Å². The van der Waals surface area contributed by atoms with E-state index in [0.29, 0.717) is 4.90 Å². The van der Waals surface area contributed by atoms with Crippen molar-refractivity contribution in [1.82, 2.24) is 5.32 Å². The first-order chi connectivity index (χ1) is 15.1. The third-order valence-electron chi connectivity index (χ3n) is 4.45. The summed E-state index contributed by atoms with van der Waals surface area (Å²) < 4.78 is 10.7. The van der Waals surface area contributed by atoms with Crippen LogP contribution in [0.5, 0.6) is 11.5 Å². The number of urea groups is 1. The lowest BCUT2D eigenvalue weighted by atomic mass is 10.1. The number of aliphatic carboxylic acids is 1. The Hall–Kier alpha value is -3.56. The summed E-state index contributed by atoms with van der Waals surface area (Å²) in [6.45, 7) is 1.31. The lowest BCUT2D eigenvalue weighted by molar-refractivity contribution is -0.144. The first kappa shape index (κ1) is 23.1. The van der Waals surface area contributed by atoms with E-state index in [-0.39, 0.29) is 32.8 Å². The molecule has 1 aliphatic heterocycles. The van der Waals surface area contributed by atoms with Crippen LogP contribution in [0.3, 0.4) is 0 Å². The quantitative estimate of drug-likeness (QED) is 0.480. The molecular weight excluding hydrogens is 463 g/mol. The fraction of sp³-hybridized carbons (Fsp3) is 0.143. The van der Waals surface area contributed by atoms with Crippen molar-refractivity contribution in [2.24, 2.45) is 0 Å². The van der Waals surface area contributed by atoms with Crippen molar-refractivity contribution >= 4 is 58.8 Å². The van der Waals surface area contributed by atoms with Crippen LogP contribution in [0.15, 0.2) is 42.0 Å². The van der Waals surface area contributed by atoms with Crippen LogP contribution < -0.4 is 19.7 Å². The highest BCUT2D eigenvalue weighted by molar-refractivity contribution is 6.46. The largest absolute Gasteiger partial charge is 0.493 e. The van der Waals surface area contributed by atoms with E-state index in [4.69, 9.17) is 32.7 Å². The Morgan fingerprint density at radius 2 is 1.84 bits per heavy atom. The highest BCUT2D eigenvalue weighted by Crippen LogP contribution is 2.36. The molecule has 2 N–H and O–H groups in total. The minimum absolute atomic E-state index is 0.00207. The van der Waals surface area contributed by atoms with Crippen LogP contribution in [0.2, 0.25) is 10.0 Å². The van der Waals surface area contributed by atoms with Gasteiger partial charge in [0.15, 0.2) is 17.6 Å². The van der Waals surface area contributed by atoms with Crippen LogP contribution in [-0.4, -0.2) is 42.1 Å². The number of hydrogen-bond donors (Lipinski definition) is 2. The van der Waals surface area contributed by atoms with E-state index >= 15 is 0 Å². The van der Waals surface area contributed by atoms with Gasteiger partial charge in [-0.15, -0.1) is 0 Å². The van der Waals surface area contributed by atoms with Crippen molar-refractivity contribution in [3.8, 4) is 11.5 Å². The van der Waals surface area contributed by atoms with Gasteiger partial charge >= 0.3 is 12.0 Å². The maximum Gasteiger partial charge on any atom is 0.344 e. The predicted octanol–water partition coefficient (Wildman–Crippen LogP) is 3.52. The van der Waals surface area contributed by atoms with Gasteiger partial charge in [-0.1, -0.05) is 41.4 Å². The molecular formula is C21H16Cl2N2O7. The van der Waals surface area contributed by atoms with E-state index in [2.05, 4.69) is 5.32 Å². The molecule has 32 heavy (non-hydrogen) atoms. The molecule has 0 radical (unpaired) electrons. The molecule has 1 atom stereocenters. The molecule has 0 aliphatic carbocycles. The fourth-order valence-corrected chi connectivity index (χ4v) is 3.24. The number of imide groups is 2. The summed E-state index contributed by atoms with van der Waals surface area (Å²) in [5, 5.41) is 11.3. The zero-order chi connectivity index (χ0) is 23.6. The number of hydrogen-bond acceptors (Lipinski definition) is 6. The van der Waals surface area contributed by atoms with Gasteiger partial charge in [-0.05, 0) is 31.2 Å². The summed E-state index contributed by atoms with van der Waals surface area (Å²) in [5.74, 6) is -2.95. The normalized spacial score (nSPS) is 16.1. The van der Waals surface area contributed by atoms with Crippen LogP contribution in [0.1, 0.15) is 12.5 Å². The Balaban J connectivity index is 2.10. The summed E-state index contributed by atoms with van der Waals surface area (Å²) in [7, 11) is 1.35. The monoisotopic (exact) mass is 478 g/mol. The van der Waals surface area contributed by atoms with Crippen LogP contribution in [-0.2, 0) is 14.4 Å². The number of carboxylic acid groups (broad SMARTS) is 1. The molecule has 1 aliphatic rings. The van der Waals surface area contributed by atoms with E-state index < -0.39 is 35.5 Å². The number of carbonyl (C=O) groups is 4. The number of halogens is 2. The number of carboxylic acids is 1. The van der Waals surface area contributed by atoms with Gasteiger partial charge < -0.3 is 14.6 Å². The van der Waals surface area contributed by atoms with Gasteiger partial charge in [0.2, 0.25) is 0 Å². The van der Waals surface area contributed by atoms with Gasteiger partial charge in [0.1, 0.15) is 5.57 Å². The summed E-state index contributed by atoms with van der Waals surface area (Å²) in [4.78, 5) is 49.9. The molecule has 0 bridgehead atoms. The van der Waals surface area contributed by atoms with Gasteiger partial charge in [-0.2, -0.15) is 0 Å². The molecule has 2 aromatic rings. The molecule has 0 spiro atoms. The van der Waals surface area contributed by atoms with Gasteiger partial charge in [0, 0.05) is 5.56 Å². The summed E-state index contributed by atoms with van der Waals surface area (Å²) >= 11 is 12.1. The van der Waals surface area contributed by atoms with Gasteiger partial charge in [0.05, 0.1) is 22.8 Å². The first-order valence-corrected chi connectivity index (χ1v) is 9.83. The molecule has 166 valence electrons. The number of nitrogens with zero attached hydrogens (tertiary/aromatic N) is 1. The first-order valence-electron chi connectivity index (χ1n) is 9.07. The second-order valence-electron chi connectivity index (χ2n) is 6.51. The minimum atomic E-state index is -1.25. The number of carbonyl (C=O) groups excluding carboxylic acids is 3. The molecule has 1 fully saturated rings. The maximum absolute atomic E-state index is 13.1. The van der Waals surface area contributed by atoms with Crippen molar-refractivity contribution in [3.05, 3.63) is 57.6 Å². The standard InChI is InChI=1S/C21H16Cl2N2O7/c1-10(20(28)29)32-17-11(5-3-8-15(17)31-2)9-12-18(26)24-21(30)25(19(12)27)14-7-4-6-13(22)16(14)23/h3-10H,1-2H3,(H,28,29)(H,24,26,30)/b12-9+/t10-/m0/s1.